The van der Waals surface area contributed by atoms with E-state index in [9.17, 15) is 18.7 Å². The highest BCUT2D eigenvalue weighted by Crippen LogP contribution is 2.33. The Bertz CT molecular complexity index is 1190. The minimum atomic E-state index is -0.759. The van der Waals surface area contributed by atoms with E-state index in [-0.39, 0.29) is 29.5 Å². The molecule has 3 heterocycles. The topological polar surface area (TPSA) is 114 Å². The summed E-state index contributed by atoms with van der Waals surface area (Å²) in [5.41, 5.74) is 0.766. The summed E-state index contributed by atoms with van der Waals surface area (Å²) >= 11 is 0. The highest BCUT2D eigenvalue weighted by molar-refractivity contribution is 5.76. The maximum atomic E-state index is 14.4. The Morgan fingerprint density at radius 2 is 1.80 bits per heavy atom. The highest BCUT2D eigenvalue weighted by Gasteiger charge is 2.28. The number of nitrogens with zero attached hydrogens (tertiary/aromatic N) is 4. The van der Waals surface area contributed by atoms with Crippen LogP contribution in [0.3, 0.4) is 0 Å². The number of aliphatic carboxylic acids is 1. The van der Waals surface area contributed by atoms with Gasteiger partial charge in [-0.1, -0.05) is 6.07 Å². The molecule has 1 aliphatic heterocycles. The van der Waals surface area contributed by atoms with Gasteiger partial charge in [-0.3, -0.25) is 9.36 Å². The molecule has 186 valence electrons. The molecule has 3 aromatic rings. The molecule has 1 aliphatic carbocycles. The molecule has 1 aromatic carbocycles. The summed E-state index contributed by atoms with van der Waals surface area (Å²) in [5.74, 6) is -1.61. The van der Waals surface area contributed by atoms with Gasteiger partial charge in [-0.25, -0.2) is 18.7 Å². The lowest BCUT2D eigenvalue weighted by atomic mass is 9.82. The minimum absolute atomic E-state index is 0.191. The quantitative estimate of drug-likeness (QED) is 0.452. The van der Waals surface area contributed by atoms with Crippen molar-refractivity contribution in [2.75, 3.05) is 23.8 Å². The van der Waals surface area contributed by atoms with E-state index in [2.05, 4.69) is 20.6 Å². The van der Waals surface area contributed by atoms with Gasteiger partial charge >= 0.3 is 5.97 Å². The summed E-state index contributed by atoms with van der Waals surface area (Å²) in [4.78, 5) is 25.0. The lowest BCUT2D eigenvalue weighted by Gasteiger charge is -2.27. The van der Waals surface area contributed by atoms with Crippen LogP contribution in [0, 0.1) is 23.5 Å². The summed E-state index contributed by atoms with van der Waals surface area (Å²) in [7, 11) is 0. The summed E-state index contributed by atoms with van der Waals surface area (Å²) in [6.07, 6.45) is 5.99. The molecule has 35 heavy (non-hydrogen) atoms. The molecule has 0 amide bonds. The average Bonchev–Trinajstić information content (AvgIpc) is 3.19. The molecule has 0 radical (unpaired) electrons. The number of nitrogens with one attached hydrogen (secondary N) is 2. The number of carboxylic acid groups (broad SMARTS) is 1. The van der Waals surface area contributed by atoms with Gasteiger partial charge in [0, 0.05) is 25.8 Å². The first-order valence-electron chi connectivity index (χ1n) is 12.0. The number of halogens is 2. The molecule has 0 atom stereocenters. The number of ether oxygens (including phenoxy) is 1. The van der Waals surface area contributed by atoms with E-state index in [1.54, 1.807) is 6.20 Å². The number of fused-ring (bicyclic) bond motifs is 1. The number of rotatable bonds is 7. The molecule has 5 rings (SSSR count). The van der Waals surface area contributed by atoms with Crippen molar-refractivity contribution in [2.24, 2.45) is 11.8 Å². The summed E-state index contributed by atoms with van der Waals surface area (Å²) in [6.45, 7) is 1.85. The van der Waals surface area contributed by atoms with Crippen molar-refractivity contribution in [3.05, 3.63) is 36.0 Å². The highest BCUT2D eigenvalue weighted by atomic mass is 19.1. The number of benzene rings is 1. The monoisotopic (exact) mass is 486 g/mol. The number of hydrogen-bond donors (Lipinski definition) is 3. The number of carboxylic acids is 1. The SMILES string of the molecule is O=C(O)C1CCC(Cn2c(Nc3c(F)cccc3F)nc3cnc(NC4CCOCC4)nc32)CC1. The Balaban J connectivity index is 1.46. The molecule has 9 nitrogen and oxygen atoms in total. The van der Waals surface area contributed by atoms with E-state index >= 15 is 0 Å². The van der Waals surface area contributed by atoms with Crippen LogP contribution >= 0.6 is 0 Å². The normalized spacial score (nSPS) is 21.2. The van der Waals surface area contributed by atoms with Gasteiger partial charge in [-0.2, -0.15) is 4.98 Å². The van der Waals surface area contributed by atoms with Gasteiger partial charge in [0.25, 0.3) is 0 Å². The molecule has 0 spiro atoms. The van der Waals surface area contributed by atoms with E-state index < -0.39 is 17.6 Å². The fourth-order valence-electron chi connectivity index (χ4n) is 4.86. The predicted molar refractivity (Wildman–Crippen MR) is 126 cm³/mol. The Hall–Kier alpha value is -3.34. The molecule has 1 saturated heterocycles. The van der Waals surface area contributed by atoms with E-state index in [4.69, 9.17) is 9.72 Å². The Morgan fingerprint density at radius 1 is 1.09 bits per heavy atom. The molecule has 11 heteroatoms. The van der Waals surface area contributed by atoms with Gasteiger partial charge in [0.15, 0.2) is 5.65 Å². The van der Waals surface area contributed by atoms with Crippen molar-refractivity contribution < 1.29 is 23.4 Å². The zero-order chi connectivity index (χ0) is 24.4. The zero-order valence-electron chi connectivity index (χ0n) is 19.2. The van der Waals surface area contributed by atoms with Gasteiger partial charge < -0.3 is 20.5 Å². The third-order valence-corrected chi connectivity index (χ3v) is 6.88. The number of imidazole rings is 1. The Morgan fingerprint density at radius 3 is 2.49 bits per heavy atom. The Labute approximate surface area is 200 Å². The fourth-order valence-corrected chi connectivity index (χ4v) is 4.86. The lowest BCUT2D eigenvalue weighted by molar-refractivity contribution is -0.143. The summed E-state index contributed by atoms with van der Waals surface area (Å²) in [5, 5.41) is 15.5. The number of para-hydroxylation sites is 1. The van der Waals surface area contributed by atoms with Crippen LogP contribution in [0.5, 0.6) is 0 Å². The van der Waals surface area contributed by atoms with Crippen LogP contribution in [0.25, 0.3) is 11.2 Å². The van der Waals surface area contributed by atoms with Crippen molar-refractivity contribution in [3.63, 3.8) is 0 Å². The fraction of sp³-hybridized carbons (Fsp3) is 0.500. The van der Waals surface area contributed by atoms with E-state index in [0.29, 0.717) is 49.7 Å². The molecule has 1 saturated carbocycles. The van der Waals surface area contributed by atoms with Crippen molar-refractivity contribution in [2.45, 2.75) is 51.1 Å². The lowest BCUT2D eigenvalue weighted by Crippen LogP contribution is -2.28. The predicted octanol–water partition coefficient (Wildman–Crippen LogP) is 4.33. The van der Waals surface area contributed by atoms with Gasteiger partial charge in [0.05, 0.1) is 12.1 Å². The third kappa shape index (κ3) is 5.19. The summed E-state index contributed by atoms with van der Waals surface area (Å²) in [6, 6.07) is 3.87. The second-order valence-electron chi connectivity index (χ2n) is 9.26. The molecule has 2 aliphatic rings. The van der Waals surface area contributed by atoms with Crippen molar-refractivity contribution in [1.82, 2.24) is 19.5 Å². The molecule has 2 fully saturated rings. The Kier molecular flexibility index (Phi) is 6.76. The third-order valence-electron chi connectivity index (χ3n) is 6.88. The standard InChI is InChI=1S/C24H28F2N6O3/c25-17-2-1-3-18(26)20(17)30-24-29-19-12-27-23(28-16-8-10-35-11-9-16)31-21(19)32(24)13-14-4-6-15(7-5-14)22(33)34/h1-3,12,14-16H,4-11,13H2,(H,29,30)(H,33,34)(H,27,28,31). The molecule has 2 aromatic heterocycles. The van der Waals surface area contributed by atoms with Crippen LogP contribution in [-0.4, -0.2) is 49.9 Å². The van der Waals surface area contributed by atoms with Crippen LogP contribution in [0.4, 0.5) is 26.4 Å². The van der Waals surface area contributed by atoms with E-state index in [1.807, 2.05) is 4.57 Å². The number of hydrogen-bond acceptors (Lipinski definition) is 7. The first-order chi connectivity index (χ1) is 17.0. The smallest absolute Gasteiger partial charge is 0.306 e. The van der Waals surface area contributed by atoms with Crippen LogP contribution in [-0.2, 0) is 16.1 Å². The van der Waals surface area contributed by atoms with Gasteiger partial charge in [0.2, 0.25) is 11.9 Å². The van der Waals surface area contributed by atoms with Crippen molar-refractivity contribution in [1.29, 1.82) is 0 Å². The van der Waals surface area contributed by atoms with Gasteiger partial charge in [-0.15, -0.1) is 0 Å². The molecule has 3 N–H and O–H groups in total. The molecule has 0 unspecified atom stereocenters. The number of carbonyl (C=O) groups is 1. The molecule has 0 bridgehead atoms. The van der Waals surface area contributed by atoms with Crippen molar-refractivity contribution in [3.8, 4) is 0 Å². The van der Waals surface area contributed by atoms with E-state index in [0.717, 1.165) is 25.7 Å². The average molecular weight is 487 g/mol. The first kappa shape index (κ1) is 23.4. The van der Waals surface area contributed by atoms with Crippen molar-refractivity contribution >= 4 is 34.7 Å². The van der Waals surface area contributed by atoms with Crippen LogP contribution in [0.1, 0.15) is 38.5 Å². The minimum Gasteiger partial charge on any atom is -0.481 e. The largest absolute Gasteiger partial charge is 0.481 e. The molecular weight excluding hydrogens is 458 g/mol. The van der Waals surface area contributed by atoms with Crippen LogP contribution in [0.15, 0.2) is 24.4 Å². The second kappa shape index (κ2) is 10.1. The van der Waals surface area contributed by atoms with Crippen LogP contribution < -0.4 is 10.6 Å². The zero-order valence-corrected chi connectivity index (χ0v) is 19.2. The van der Waals surface area contributed by atoms with Crippen LogP contribution in [0.2, 0.25) is 0 Å². The number of aromatic nitrogens is 4. The van der Waals surface area contributed by atoms with Gasteiger partial charge in [-0.05, 0) is 56.6 Å². The summed E-state index contributed by atoms with van der Waals surface area (Å²) < 4.78 is 36.0. The number of anilines is 3. The second-order valence-corrected chi connectivity index (χ2v) is 9.26. The maximum Gasteiger partial charge on any atom is 0.306 e. The van der Waals surface area contributed by atoms with E-state index in [1.165, 1.54) is 18.2 Å². The maximum absolute atomic E-state index is 14.4. The van der Waals surface area contributed by atoms with Gasteiger partial charge in [0.1, 0.15) is 22.8 Å². The first-order valence-corrected chi connectivity index (χ1v) is 12.0. The molecular formula is C24H28F2N6O3.